The number of likely N-dealkylation sites (tertiary alicyclic amines) is 1. The quantitative estimate of drug-likeness (QED) is 0.825. The highest BCUT2D eigenvalue weighted by atomic mass is 32.1. The second kappa shape index (κ2) is 7.26. The van der Waals surface area contributed by atoms with Crippen molar-refractivity contribution in [1.29, 1.82) is 5.26 Å². The lowest BCUT2D eigenvalue weighted by atomic mass is 9.97. The number of carbonyl (C=O) groups excluding carboxylic acids is 2. The standard InChI is InChI=1S/C16H21N5O2S/c1-2-3-13-18-19-16(24-13)21-10-12(8-14(21)22)15(23)20-6-4-11(9-17)5-7-20/h11-12H,2-8,10H2,1H3. The number of hydrogen-bond donors (Lipinski definition) is 0. The number of aryl methyl sites for hydroxylation is 1. The maximum atomic E-state index is 12.7. The monoisotopic (exact) mass is 347 g/mol. The Morgan fingerprint density at radius 2 is 2.12 bits per heavy atom. The van der Waals surface area contributed by atoms with Crippen LogP contribution in [0.25, 0.3) is 0 Å². The fraction of sp³-hybridized carbons (Fsp3) is 0.688. The molecule has 0 bridgehead atoms. The number of amides is 2. The molecule has 3 heterocycles. The molecule has 0 aromatic carbocycles. The molecule has 1 unspecified atom stereocenters. The van der Waals surface area contributed by atoms with Gasteiger partial charge in [0.2, 0.25) is 16.9 Å². The van der Waals surface area contributed by atoms with Crippen LogP contribution in [0.2, 0.25) is 0 Å². The molecule has 2 aliphatic rings. The van der Waals surface area contributed by atoms with Gasteiger partial charge in [0.05, 0.1) is 12.0 Å². The van der Waals surface area contributed by atoms with E-state index >= 15 is 0 Å². The first-order chi connectivity index (χ1) is 11.6. The molecule has 0 N–H and O–H groups in total. The number of rotatable bonds is 4. The Kier molecular flexibility index (Phi) is 5.09. The summed E-state index contributed by atoms with van der Waals surface area (Å²) in [5.74, 6) is -0.288. The van der Waals surface area contributed by atoms with E-state index in [0.717, 1.165) is 30.7 Å². The zero-order valence-electron chi connectivity index (χ0n) is 13.8. The van der Waals surface area contributed by atoms with Crippen molar-refractivity contribution in [2.75, 3.05) is 24.5 Å². The van der Waals surface area contributed by atoms with E-state index in [9.17, 15) is 9.59 Å². The number of anilines is 1. The smallest absolute Gasteiger partial charge is 0.229 e. The lowest BCUT2D eigenvalue weighted by Gasteiger charge is -2.30. The van der Waals surface area contributed by atoms with Crippen LogP contribution in [0.1, 0.15) is 37.6 Å². The van der Waals surface area contributed by atoms with Crippen LogP contribution in [0.3, 0.4) is 0 Å². The molecular formula is C16H21N5O2S. The van der Waals surface area contributed by atoms with Crippen molar-refractivity contribution < 1.29 is 9.59 Å². The summed E-state index contributed by atoms with van der Waals surface area (Å²) in [6, 6.07) is 2.27. The van der Waals surface area contributed by atoms with Crippen molar-refractivity contribution in [1.82, 2.24) is 15.1 Å². The van der Waals surface area contributed by atoms with Gasteiger partial charge in [-0.15, -0.1) is 10.2 Å². The summed E-state index contributed by atoms with van der Waals surface area (Å²) in [6.07, 6.45) is 3.53. The SMILES string of the molecule is CCCc1nnc(N2CC(C(=O)N3CCC(C#N)CC3)CC2=O)s1. The fourth-order valence-electron chi connectivity index (χ4n) is 3.21. The predicted molar refractivity (Wildman–Crippen MR) is 89.3 cm³/mol. The second-order valence-electron chi connectivity index (χ2n) is 6.36. The van der Waals surface area contributed by atoms with Gasteiger partial charge in [0.1, 0.15) is 5.01 Å². The summed E-state index contributed by atoms with van der Waals surface area (Å²) in [4.78, 5) is 28.3. The molecule has 24 heavy (non-hydrogen) atoms. The Bertz CT molecular complexity index is 660. The van der Waals surface area contributed by atoms with Crippen molar-refractivity contribution in [3.63, 3.8) is 0 Å². The van der Waals surface area contributed by atoms with Crippen molar-refractivity contribution in [3.8, 4) is 6.07 Å². The highest BCUT2D eigenvalue weighted by molar-refractivity contribution is 7.15. The topological polar surface area (TPSA) is 90.2 Å². The first-order valence-corrected chi connectivity index (χ1v) is 9.25. The molecule has 0 radical (unpaired) electrons. The van der Waals surface area contributed by atoms with E-state index in [1.807, 2.05) is 0 Å². The largest absolute Gasteiger partial charge is 0.342 e. The van der Waals surface area contributed by atoms with Crippen LogP contribution in [0.4, 0.5) is 5.13 Å². The van der Waals surface area contributed by atoms with Gasteiger partial charge < -0.3 is 4.90 Å². The van der Waals surface area contributed by atoms with Gasteiger partial charge in [0, 0.05) is 38.4 Å². The second-order valence-corrected chi connectivity index (χ2v) is 7.40. The average Bonchev–Trinajstić information content (AvgIpc) is 3.21. The summed E-state index contributed by atoms with van der Waals surface area (Å²) < 4.78 is 0. The molecule has 7 nitrogen and oxygen atoms in total. The Labute approximate surface area is 145 Å². The predicted octanol–water partition coefficient (Wildman–Crippen LogP) is 1.61. The lowest BCUT2D eigenvalue weighted by Crippen LogP contribution is -2.42. The third kappa shape index (κ3) is 3.41. The zero-order chi connectivity index (χ0) is 17.1. The molecule has 2 aliphatic heterocycles. The molecule has 3 rings (SSSR count). The summed E-state index contributed by atoms with van der Waals surface area (Å²) in [7, 11) is 0. The van der Waals surface area contributed by atoms with E-state index in [2.05, 4.69) is 23.2 Å². The summed E-state index contributed by atoms with van der Waals surface area (Å²) in [6.45, 7) is 3.69. The molecule has 1 aromatic rings. The molecule has 1 atom stereocenters. The Morgan fingerprint density at radius 3 is 2.79 bits per heavy atom. The van der Waals surface area contributed by atoms with Crippen LogP contribution in [0.15, 0.2) is 0 Å². The Morgan fingerprint density at radius 1 is 1.38 bits per heavy atom. The molecule has 2 amide bonds. The van der Waals surface area contributed by atoms with Crippen LogP contribution in [0, 0.1) is 23.2 Å². The molecule has 2 fully saturated rings. The highest BCUT2D eigenvalue weighted by Crippen LogP contribution is 2.30. The number of nitriles is 1. The molecule has 0 aliphatic carbocycles. The maximum absolute atomic E-state index is 12.7. The number of piperidine rings is 1. The van der Waals surface area contributed by atoms with E-state index < -0.39 is 0 Å². The molecule has 128 valence electrons. The summed E-state index contributed by atoms with van der Waals surface area (Å²) in [5, 5.41) is 18.7. The number of carbonyl (C=O) groups is 2. The van der Waals surface area contributed by atoms with Crippen LogP contribution >= 0.6 is 11.3 Å². The van der Waals surface area contributed by atoms with Gasteiger partial charge in [-0.2, -0.15) is 5.26 Å². The van der Waals surface area contributed by atoms with E-state index in [1.54, 1.807) is 9.80 Å². The lowest BCUT2D eigenvalue weighted by molar-refractivity contribution is -0.136. The average molecular weight is 347 g/mol. The highest BCUT2D eigenvalue weighted by Gasteiger charge is 2.39. The number of nitrogens with zero attached hydrogens (tertiary/aromatic N) is 5. The maximum Gasteiger partial charge on any atom is 0.229 e. The van der Waals surface area contributed by atoms with Gasteiger partial charge in [-0.3, -0.25) is 14.5 Å². The zero-order valence-corrected chi connectivity index (χ0v) is 14.6. The van der Waals surface area contributed by atoms with Gasteiger partial charge in [-0.1, -0.05) is 18.3 Å². The van der Waals surface area contributed by atoms with Crippen LogP contribution in [-0.2, 0) is 16.0 Å². The van der Waals surface area contributed by atoms with Crippen molar-refractivity contribution in [3.05, 3.63) is 5.01 Å². The normalized spacial score (nSPS) is 22.0. The van der Waals surface area contributed by atoms with Gasteiger partial charge in [0.15, 0.2) is 0 Å². The first-order valence-electron chi connectivity index (χ1n) is 8.43. The third-order valence-corrected chi connectivity index (χ3v) is 5.62. The van der Waals surface area contributed by atoms with Crippen LogP contribution in [-0.4, -0.2) is 46.5 Å². The minimum absolute atomic E-state index is 0.0283. The van der Waals surface area contributed by atoms with E-state index in [4.69, 9.17) is 5.26 Å². The first kappa shape index (κ1) is 16.8. The van der Waals surface area contributed by atoms with Gasteiger partial charge >= 0.3 is 0 Å². The van der Waals surface area contributed by atoms with E-state index in [1.165, 1.54) is 11.3 Å². The van der Waals surface area contributed by atoms with E-state index in [0.29, 0.717) is 24.8 Å². The van der Waals surface area contributed by atoms with Gasteiger partial charge in [-0.05, 0) is 19.3 Å². The minimum atomic E-state index is -0.310. The molecule has 0 saturated carbocycles. The van der Waals surface area contributed by atoms with Crippen LogP contribution < -0.4 is 4.90 Å². The van der Waals surface area contributed by atoms with Crippen molar-refractivity contribution in [2.24, 2.45) is 11.8 Å². The number of hydrogen-bond acceptors (Lipinski definition) is 6. The Balaban J connectivity index is 1.61. The summed E-state index contributed by atoms with van der Waals surface area (Å²) >= 11 is 1.43. The molecular weight excluding hydrogens is 326 g/mol. The van der Waals surface area contributed by atoms with Crippen molar-refractivity contribution >= 4 is 28.3 Å². The number of aromatic nitrogens is 2. The fourth-order valence-corrected chi connectivity index (χ4v) is 4.18. The van der Waals surface area contributed by atoms with Gasteiger partial charge in [-0.25, -0.2) is 0 Å². The Hall–Kier alpha value is -2.01. The summed E-state index contributed by atoms with van der Waals surface area (Å²) in [5.41, 5.74) is 0. The van der Waals surface area contributed by atoms with Gasteiger partial charge in [0.25, 0.3) is 0 Å². The molecule has 2 saturated heterocycles. The minimum Gasteiger partial charge on any atom is -0.342 e. The third-order valence-electron chi connectivity index (χ3n) is 4.61. The molecule has 0 spiro atoms. The van der Waals surface area contributed by atoms with Crippen LogP contribution in [0.5, 0.6) is 0 Å². The molecule has 8 heteroatoms. The van der Waals surface area contributed by atoms with E-state index in [-0.39, 0.29) is 30.1 Å². The molecule has 1 aromatic heterocycles. The van der Waals surface area contributed by atoms with Crippen molar-refractivity contribution in [2.45, 2.75) is 39.0 Å².